The fourth-order valence-electron chi connectivity index (χ4n) is 0.786. The lowest BCUT2D eigenvalue weighted by Gasteiger charge is -2.36. The van der Waals surface area contributed by atoms with Gasteiger partial charge in [-0.2, -0.15) is 0 Å². The van der Waals surface area contributed by atoms with Crippen LogP contribution in [0.4, 0.5) is 0 Å². The molecule has 0 amide bonds. The molecular formula is C11H22O3Si. The number of aliphatic carboxylic acids is 1. The van der Waals surface area contributed by atoms with Gasteiger partial charge in [-0.05, 0) is 30.6 Å². The topological polar surface area (TPSA) is 46.5 Å². The Hall–Kier alpha value is -0.773. The fourth-order valence-corrected chi connectivity index (χ4v) is 1.81. The van der Waals surface area contributed by atoms with Gasteiger partial charge >= 0.3 is 5.97 Å². The van der Waals surface area contributed by atoms with Crippen molar-refractivity contribution in [2.24, 2.45) is 0 Å². The van der Waals surface area contributed by atoms with E-state index in [1.807, 2.05) is 20.0 Å². The van der Waals surface area contributed by atoms with Gasteiger partial charge in [0, 0.05) is 0 Å². The molecule has 0 aromatic carbocycles. The van der Waals surface area contributed by atoms with Crippen LogP contribution in [0.25, 0.3) is 0 Å². The third-order valence-corrected chi connectivity index (χ3v) is 7.11. The number of rotatable bonds is 4. The number of carboxylic acid groups (broad SMARTS) is 1. The molecule has 1 N–H and O–H groups in total. The molecule has 0 saturated heterocycles. The molecule has 15 heavy (non-hydrogen) atoms. The van der Waals surface area contributed by atoms with Crippen molar-refractivity contribution in [3.63, 3.8) is 0 Å². The maximum atomic E-state index is 10.9. The van der Waals surface area contributed by atoms with Gasteiger partial charge in [0.25, 0.3) is 8.32 Å². The van der Waals surface area contributed by atoms with E-state index in [0.29, 0.717) is 6.42 Å². The van der Waals surface area contributed by atoms with Crippen molar-refractivity contribution in [1.82, 2.24) is 0 Å². The monoisotopic (exact) mass is 230 g/mol. The van der Waals surface area contributed by atoms with Gasteiger partial charge in [-0.15, -0.1) is 0 Å². The summed E-state index contributed by atoms with van der Waals surface area (Å²) in [6.07, 6.45) is 2.30. The molecule has 0 aromatic rings. The van der Waals surface area contributed by atoms with Crippen LogP contribution >= 0.6 is 0 Å². The second-order valence-electron chi connectivity index (χ2n) is 5.14. The van der Waals surface area contributed by atoms with Crippen molar-refractivity contribution in [3.05, 3.63) is 11.8 Å². The predicted octanol–water partition coefficient (Wildman–Crippen LogP) is 3.39. The lowest BCUT2D eigenvalue weighted by Crippen LogP contribution is -2.41. The minimum atomic E-state index is -2.02. The van der Waals surface area contributed by atoms with Crippen LogP contribution in [0.3, 0.4) is 0 Å². The van der Waals surface area contributed by atoms with Crippen LogP contribution in [-0.4, -0.2) is 19.4 Å². The average molecular weight is 230 g/mol. The van der Waals surface area contributed by atoms with Gasteiger partial charge in [-0.3, -0.25) is 0 Å². The third-order valence-electron chi connectivity index (χ3n) is 2.77. The molecule has 0 aliphatic rings. The summed E-state index contributed by atoms with van der Waals surface area (Å²) < 4.78 is 5.70. The first-order valence-electron chi connectivity index (χ1n) is 5.24. The third kappa shape index (κ3) is 4.07. The first-order valence-corrected chi connectivity index (χ1v) is 8.15. The van der Waals surface area contributed by atoms with Crippen LogP contribution in [-0.2, 0) is 9.22 Å². The second-order valence-corrected chi connectivity index (χ2v) is 9.87. The van der Waals surface area contributed by atoms with Gasteiger partial charge in [-0.1, -0.05) is 27.7 Å². The smallest absolute Gasteiger partial charge is 0.369 e. The molecule has 88 valence electrons. The summed E-state index contributed by atoms with van der Waals surface area (Å²) in [5, 5.41) is 8.99. The van der Waals surface area contributed by atoms with Crippen molar-refractivity contribution in [3.8, 4) is 0 Å². The summed E-state index contributed by atoms with van der Waals surface area (Å²) >= 11 is 0. The zero-order valence-electron chi connectivity index (χ0n) is 10.5. The Labute approximate surface area is 93.3 Å². The molecule has 0 fully saturated rings. The van der Waals surface area contributed by atoms with Gasteiger partial charge in [0.2, 0.25) is 0 Å². The maximum Gasteiger partial charge on any atom is 0.369 e. The predicted molar refractivity (Wildman–Crippen MR) is 64.3 cm³/mol. The normalized spacial score (nSPS) is 13.9. The molecule has 0 aromatic heterocycles. The van der Waals surface area contributed by atoms with E-state index in [1.165, 1.54) is 0 Å². The highest BCUT2D eigenvalue weighted by Crippen LogP contribution is 2.37. The minimum Gasteiger partial charge on any atom is -0.539 e. The van der Waals surface area contributed by atoms with Crippen molar-refractivity contribution < 1.29 is 14.3 Å². The van der Waals surface area contributed by atoms with Crippen LogP contribution in [0.1, 0.15) is 34.1 Å². The van der Waals surface area contributed by atoms with E-state index in [9.17, 15) is 4.79 Å². The van der Waals surface area contributed by atoms with Crippen LogP contribution in [0.2, 0.25) is 18.1 Å². The van der Waals surface area contributed by atoms with Crippen LogP contribution in [0.15, 0.2) is 11.8 Å². The summed E-state index contributed by atoms with van der Waals surface area (Å²) in [5.41, 5.74) is 0. The summed E-state index contributed by atoms with van der Waals surface area (Å²) in [5.74, 6) is -0.870. The first-order chi connectivity index (χ1) is 6.62. The standard InChI is InChI=1S/C11H22O3Si/c1-7-8-9(10(12)13)14-15(5,6)11(2,3)4/h8H,7H2,1-6H3,(H,12,13). The highest BCUT2D eigenvalue weighted by molar-refractivity contribution is 6.74. The van der Waals surface area contributed by atoms with Gasteiger partial charge in [0.1, 0.15) is 0 Å². The summed E-state index contributed by atoms with van der Waals surface area (Å²) in [6, 6.07) is 0. The van der Waals surface area contributed by atoms with Gasteiger partial charge in [-0.25, -0.2) is 4.79 Å². The molecule has 0 spiro atoms. The Bertz CT molecular complexity index is 261. The van der Waals surface area contributed by atoms with E-state index in [1.54, 1.807) is 6.08 Å². The van der Waals surface area contributed by atoms with E-state index in [2.05, 4.69) is 20.8 Å². The molecule has 0 aliphatic heterocycles. The van der Waals surface area contributed by atoms with Crippen LogP contribution < -0.4 is 0 Å². The zero-order chi connectivity index (χ0) is 12.3. The number of carboxylic acids is 1. The molecule has 0 radical (unpaired) electrons. The Morgan fingerprint density at radius 3 is 2.13 bits per heavy atom. The minimum absolute atomic E-state index is 0.0231. The molecule has 0 atom stereocenters. The Balaban J connectivity index is 4.84. The lowest BCUT2D eigenvalue weighted by atomic mass is 10.2. The molecule has 0 rings (SSSR count). The van der Waals surface area contributed by atoms with Crippen molar-refractivity contribution >= 4 is 14.3 Å². The Morgan fingerprint density at radius 1 is 1.40 bits per heavy atom. The highest BCUT2D eigenvalue weighted by Gasteiger charge is 2.40. The Kier molecular flexibility index (Phi) is 4.58. The molecule has 4 heteroatoms. The summed E-state index contributed by atoms with van der Waals surface area (Å²) in [6.45, 7) is 12.2. The van der Waals surface area contributed by atoms with Crippen LogP contribution in [0, 0.1) is 0 Å². The average Bonchev–Trinajstić information content (AvgIpc) is 2.00. The largest absolute Gasteiger partial charge is 0.539 e. The molecule has 0 unspecified atom stereocenters. The summed E-state index contributed by atoms with van der Waals surface area (Å²) in [7, 11) is -2.02. The van der Waals surface area contributed by atoms with Gasteiger partial charge < -0.3 is 9.53 Å². The van der Waals surface area contributed by atoms with Crippen molar-refractivity contribution in [2.45, 2.75) is 52.2 Å². The van der Waals surface area contributed by atoms with E-state index >= 15 is 0 Å². The molecule has 3 nitrogen and oxygen atoms in total. The first kappa shape index (κ1) is 14.2. The number of carbonyl (C=O) groups is 1. The number of hydrogen-bond acceptors (Lipinski definition) is 2. The van der Waals surface area contributed by atoms with Crippen molar-refractivity contribution in [2.75, 3.05) is 0 Å². The van der Waals surface area contributed by atoms with Gasteiger partial charge in [0.05, 0.1) is 0 Å². The quantitative estimate of drug-likeness (QED) is 0.457. The fraction of sp³-hybridized carbons (Fsp3) is 0.727. The number of hydrogen-bond donors (Lipinski definition) is 1. The molecule has 0 saturated carbocycles. The van der Waals surface area contributed by atoms with Crippen LogP contribution in [0.5, 0.6) is 0 Å². The van der Waals surface area contributed by atoms with E-state index in [0.717, 1.165) is 0 Å². The Morgan fingerprint density at radius 2 is 1.87 bits per heavy atom. The van der Waals surface area contributed by atoms with E-state index < -0.39 is 14.3 Å². The molecular weight excluding hydrogens is 208 g/mol. The number of allylic oxidation sites excluding steroid dienone is 1. The molecule has 0 heterocycles. The molecule has 0 bridgehead atoms. The summed E-state index contributed by atoms with van der Waals surface area (Å²) in [4.78, 5) is 10.9. The van der Waals surface area contributed by atoms with E-state index in [-0.39, 0.29) is 10.8 Å². The SMILES string of the molecule is CCC=C(O[Si](C)(C)C(C)(C)C)C(=O)O. The van der Waals surface area contributed by atoms with Crippen molar-refractivity contribution in [1.29, 1.82) is 0 Å². The zero-order valence-corrected chi connectivity index (χ0v) is 11.5. The van der Waals surface area contributed by atoms with Gasteiger partial charge in [0.15, 0.2) is 5.76 Å². The lowest BCUT2D eigenvalue weighted by molar-refractivity contribution is -0.135. The highest BCUT2D eigenvalue weighted by atomic mass is 28.4. The second kappa shape index (κ2) is 4.83. The maximum absolute atomic E-state index is 10.9. The van der Waals surface area contributed by atoms with E-state index in [4.69, 9.17) is 9.53 Å². The molecule has 0 aliphatic carbocycles.